The molecule has 0 spiro atoms. The van der Waals surface area contributed by atoms with Crippen LogP contribution >= 0.6 is 0 Å². The van der Waals surface area contributed by atoms with Crippen LogP contribution in [-0.4, -0.2) is 24.2 Å². The summed E-state index contributed by atoms with van der Waals surface area (Å²) in [5.41, 5.74) is 3.00. The monoisotopic (exact) mass is 258 g/mol. The lowest BCUT2D eigenvalue weighted by molar-refractivity contribution is 0.282. The van der Waals surface area contributed by atoms with Crippen molar-refractivity contribution in [3.63, 3.8) is 0 Å². The first-order chi connectivity index (χ1) is 9.24. The van der Waals surface area contributed by atoms with Gasteiger partial charge >= 0.3 is 0 Å². The van der Waals surface area contributed by atoms with Gasteiger partial charge in [0.2, 0.25) is 0 Å². The van der Waals surface area contributed by atoms with Crippen molar-refractivity contribution in [2.24, 2.45) is 0 Å². The number of nitrogens with zero attached hydrogens (tertiary/aromatic N) is 2. The van der Waals surface area contributed by atoms with Gasteiger partial charge in [0, 0.05) is 25.4 Å². The normalized spacial score (nSPS) is 10.3. The Morgan fingerprint density at radius 2 is 1.95 bits per heavy atom. The average molecular weight is 258 g/mol. The molecule has 0 saturated carbocycles. The molecule has 100 valence electrons. The van der Waals surface area contributed by atoms with Gasteiger partial charge in [0.1, 0.15) is 5.75 Å². The second-order valence-electron chi connectivity index (χ2n) is 4.37. The Morgan fingerprint density at radius 1 is 1.21 bits per heavy atom. The predicted molar refractivity (Wildman–Crippen MR) is 75.3 cm³/mol. The van der Waals surface area contributed by atoms with Crippen LogP contribution in [0.3, 0.4) is 0 Å². The maximum absolute atomic E-state index is 9.33. The molecule has 1 heterocycles. The largest absolute Gasteiger partial charge is 0.497 e. The van der Waals surface area contributed by atoms with Crippen LogP contribution in [0.15, 0.2) is 42.7 Å². The molecule has 1 N–H and O–H groups in total. The van der Waals surface area contributed by atoms with Crippen molar-refractivity contribution in [3.05, 3.63) is 53.9 Å². The van der Waals surface area contributed by atoms with Gasteiger partial charge in [-0.1, -0.05) is 12.1 Å². The summed E-state index contributed by atoms with van der Waals surface area (Å²) in [4.78, 5) is 6.18. The molecule has 0 aliphatic carbocycles. The summed E-state index contributed by atoms with van der Waals surface area (Å²) in [6, 6.07) is 9.78. The van der Waals surface area contributed by atoms with Crippen LogP contribution in [0, 0.1) is 0 Å². The Balaban J connectivity index is 2.13. The van der Waals surface area contributed by atoms with E-state index in [0.29, 0.717) is 0 Å². The number of hydrogen-bond acceptors (Lipinski definition) is 4. The average Bonchev–Trinajstić information content (AvgIpc) is 2.48. The van der Waals surface area contributed by atoms with Gasteiger partial charge in [-0.2, -0.15) is 0 Å². The minimum Gasteiger partial charge on any atom is -0.497 e. The van der Waals surface area contributed by atoms with Crippen LogP contribution in [0.5, 0.6) is 5.75 Å². The van der Waals surface area contributed by atoms with Crippen LogP contribution in [0.4, 0.5) is 5.69 Å². The van der Waals surface area contributed by atoms with E-state index in [2.05, 4.69) is 9.88 Å². The van der Waals surface area contributed by atoms with E-state index >= 15 is 0 Å². The van der Waals surface area contributed by atoms with E-state index < -0.39 is 0 Å². The van der Waals surface area contributed by atoms with Crippen LogP contribution in [0.25, 0.3) is 0 Å². The van der Waals surface area contributed by atoms with E-state index in [0.717, 1.165) is 23.5 Å². The molecule has 1 aromatic heterocycles. The van der Waals surface area contributed by atoms with Crippen molar-refractivity contribution >= 4 is 5.69 Å². The molecular formula is C15H18N2O2. The fourth-order valence-corrected chi connectivity index (χ4v) is 1.98. The Hall–Kier alpha value is -2.07. The zero-order chi connectivity index (χ0) is 13.7. The van der Waals surface area contributed by atoms with Crippen molar-refractivity contribution in [3.8, 4) is 5.75 Å². The molecule has 1 aromatic carbocycles. The van der Waals surface area contributed by atoms with E-state index in [-0.39, 0.29) is 6.61 Å². The maximum atomic E-state index is 9.33. The standard InChI is InChI=1S/C15H18N2O2/c1-17(15-9-16-8-7-13(15)11-18)10-12-3-5-14(19-2)6-4-12/h3-9,18H,10-11H2,1-2H3. The van der Waals surface area contributed by atoms with Gasteiger partial charge in [-0.15, -0.1) is 0 Å². The number of rotatable bonds is 5. The number of pyridine rings is 1. The number of benzene rings is 1. The molecule has 0 unspecified atom stereocenters. The summed E-state index contributed by atoms with van der Waals surface area (Å²) in [5.74, 6) is 0.851. The lowest BCUT2D eigenvalue weighted by Crippen LogP contribution is -2.18. The van der Waals surface area contributed by atoms with E-state index in [4.69, 9.17) is 4.74 Å². The maximum Gasteiger partial charge on any atom is 0.118 e. The summed E-state index contributed by atoms with van der Waals surface area (Å²) >= 11 is 0. The first-order valence-corrected chi connectivity index (χ1v) is 6.12. The Morgan fingerprint density at radius 3 is 2.58 bits per heavy atom. The van der Waals surface area contributed by atoms with Crippen molar-refractivity contribution in [2.45, 2.75) is 13.2 Å². The van der Waals surface area contributed by atoms with Gasteiger partial charge in [0.15, 0.2) is 0 Å². The van der Waals surface area contributed by atoms with E-state index in [1.807, 2.05) is 37.4 Å². The first kappa shape index (κ1) is 13.4. The van der Waals surface area contributed by atoms with E-state index in [1.54, 1.807) is 19.5 Å². The lowest BCUT2D eigenvalue weighted by atomic mass is 10.1. The van der Waals surface area contributed by atoms with Gasteiger partial charge in [0.05, 0.1) is 25.6 Å². The third-order valence-corrected chi connectivity index (χ3v) is 3.05. The van der Waals surface area contributed by atoms with Crippen molar-refractivity contribution in [2.75, 3.05) is 19.1 Å². The predicted octanol–water partition coefficient (Wildman–Crippen LogP) is 2.22. The summed E-state index contributed by atoms with van der Waals surface area (Å²) in [6.45, 7) is 0.771. The zero-order valence-electron chi connectivity index (χ0n) is 11.2. The molecule has 2 rings (SSSR count). The molecular weight excluding hydrogens is 240 g/mol. The van der Waals surface area contributed by atoms with Crippen LogP contribution in [-0.2, 0) is 13.2 Å². The number of anilines is 1. The topological polar surface area (TPSA) is 45.6 Å². The van der Waals surface area contributed by atoms with Gasteiger partial charge in [0.25, 0.3) is 0 Å². The molecule has 0 saturated heterocycles. The summed E-state index contributed by atoms with van der Waals surface area (Å²) in [7, 11) is 3.64. The molecule has 19 heavy (non-hydrogen) atoms. The second-order valence-corrected chi connectivity index (χ2v) is 4.37. The molecule has 0 bridgehead atoms. The van der Waals surface area contributed by atoms with Crippen LogP contribution in [0.2, 0.25) is 0 Å². The minimum atomic E-state index is 0.0187. The summed E-state index contributed by atoms with van der Waals surface area (Å²) < 4.78 is 5.14. The molecule has 0 radical (unpaired) electrons. The van der Waals surface area contributed by atoms with Gasteiger partial charge in [-0.3, -0.25) is 4.98 Å². The number of aliphatic hydroxyl groups excluding tert-OH is 1. The fourth-order valence-electron chi connectivity index (χ4n) is 1.98. The highest BCUT2D eigenvalue weighted by Gasteiger charge is 2.07. The third kappa shape index (κ3) is 3.23. The lowest BCUT2D eigenvalue weighted by Gasteiger charge is -2.21. The fraction of sp³-hybridized carbons (Fsp3) is 0.267. The Labute approximate surface area is 113 Å². The summed E-state index contributed by atoms with van der Waals surface area (Å²) in [6.07, 6.45) is 3.46. The number of aliphatic hydroxyl groups is 1. The second kappa shape index (κ2) is 6.20. The minimum absolute atomic E-state index is 0.0187. The molecule has 0 aliphatic rings. The molecule has 2 aromatic rings. The quantitative estimate of drug-likeness (QED) is 0.893. The number of methoxy groups -OCH3 is 1. The number of hydrogen-bond donors (Lipinski definition) is 1. The van der Waals surface area contributed by atoms with Gasteiger partial charge < -0.3 is 14.7 Å². The highest BCUT2D eigenvalue weighted by molar-refractivity contribution is 5.51. The number of aromatic nitrogens is 1. The number of ether oxygens (including phenoxy) is 1. The molecule has 4 heteroatoms. The zero-order valence-corrected chi connectivity index (χ0v) is 11.2. The SMILES string of the molecule is COc1ccc(CN(C)c2cnccc2CO)cc1. The Bertz CT molecular complexity index is 526. The highest BCUT2D eigenvalue weighted by atomic mass is 16.5. The first-order valence-electron chi connectivity index (χ1n) is 6.12. The van der Waals surface area contributed by atoms with Crippen LogP contribution in [0.1, 0.15) is 11.1 Å². The highest BCUT2D eigenvalue weighted by Crippen LogP contribution is 2.20. The smallest absolute Gasteiger partial charge is 0.118 e. The van der Waals surface area contributed by atoms with Crippen LogP contribution < -0.4 is 9.64 Å². The summed E-state index contributed by atoms with van der Waals surface area (Å²) in [5, 5.41) is 9.33. The van der Waals surface area contributed by atoms with Gasteiger partial charge in [-0.25, -0.2) is 0 Å². The van der Waals surface area contributed by atoms with Gasteiger partial charge in [-0.05, 0) is 23.8 Å². The van der Waals surface area contributed by atoms with Crippen molar-refractivity contribution in [1.82, 2.24) is 4.98 Å². The molecule has 0 atom stereocenters. The molecule has 4 nitrogen and oxygen atoms in total. The van der Waals surface area contributed by atoms with Crippen molar-refractivity contribution < 1.29 is 9.84 Å². The Kier molecular flexibility index (Phi) is 4.36. The molecule has 0 amide bonds. The molecule has 0 aliphatic heterocycles. The van der Waals surface area contributed by atoms with Crippen molar-refractivity contribution in [1.29, 1.82) is 0 Å². The molecule has 0 fully saturated rings. The van der Waals surface area contributed by atoms with E-state index in [1.165, 1.54) is 5.56 Å². The van der Waals surface area contributed by atoms with E-state index in [9.17, 15) is 5.11 Å². The third-order valence-electron chi connectivity index (χ3n) is 3.05.